The lowest BCUT2D eigenvalue weighted by Gasteiger charge is -2.65. The highest BCUT2D eigenvalue weighted by atomic mass is 16.5. The molecule has 1 aromatic rings. The van der Waals surface area contributed by atoms with Crippen LogP contribution in [0.2, 0.25) is 0 Å². The third kappa shape index (κ3) is 3.64. The summed E-state index contributed by atoms with van der Waals surface area (Å²) in [6.45, 7) is 10.4. The van der Waals surface area contributed by atoms with E-state index in [0.717, 1.165) is 57.0 Å². The van der Waals surface area contributed by atoms with Gasteiger partial charge in [0.2, 0.25) is 5.91 Å². The van der Waals surface area contributed by atoms with E-state index in [9.17, 15) is 9.59 Å². The quantitative estimate of drug-likeness (QED) is 0.668. The topological polar surface area (TPSA) is 49.9 Å². The fourth-order valence-corrected chi connectivity index (χ4v) is 8.21. The van der Waals surface area contributed by atoms with Gasteiger partial charge in [-0.1, -0.05) is 13.8 Å². The summed E-state index contributed by atoms with van der Waals surface area (Å²) in [7, 11) is 0. The minimum atomic E-state index is -0.276. The Kier molecular flexibility index (Phi) is 4.87. The molecular formula is C26H36N2O3. The van der Waals surface area contributed by atoms with Gasteiger partial charge in [0.05, 0.1) is 17.6 Å². The molecule has 5 aliphatic rings. The van der Waals surface area contributed by atoms with Gasteiger partial charge in [-0.2, -0.15) is 0 Å². The van der Waals surface area contributed by atoms with Crippen LogP contribution in [0, 0.1) is 22.2 Å². The lowest BCUT2D eigenvalue weighted by Crippen LogP contribution is -2.62. The van der Waals surface area contributed by atoms with Crippen LogP contribution in [0.1, 0.15) is 69.7 Å². The SMILES string of the molecule is CCOC(=O)c1ccc(N2CCN(C(=O)C34CC5CC(C)(CC(C)(C5)C3)C4)CC2)cc1. The first-order valence-corrected chi connectivity index (χ1v) is 12.0. The minimum absolute atomic E-state index is 0.105. The van der Waals surface area contributed by atoms with Gasteiger partial charge in [-0.3, -0.25) is 4.79 Å². The maximum atomic E-state index is 13.8. The minimum Gasteiger partial charge on any atom is -0.462 e. The Morgan fingerprint density at radius 1 is 0.935 bits per heavy atom. The van der Waals surface area contributed by atoms with Crippen molar-refractivity contribution in [3.63, 3.8) is 0 Å². The standard InChI is InChI=1S/C26H36N2O3/c1-4-31-22(29)20-5-7-21(8-6-20)27-9-11-28(12-10-27)23(30)26-15-19-13-24(2,17-26)16-25(3,14-19)18-26/h5-8,19H,4,9-18H2,1-3H3. The number of piperazine rings is 1. The first-order chi connectivity index (χ1) is 14.7. The number of nitrogens with zero attached hydrogens (tertiary/aromatic N) is 2. The van der Waals surface area contributed by atoms with Crippen molar-refractivity contribution in [1.29, 1.82) is 0 Å². The fourth-order valence-electron chi connectivity index (χ4n) is 8.21. The summed E-state index contributed by atoms with van der Waals surface area (Å²) < 4.78 is 5.07. The van der Waals surface area contributed by atoms with Gasteiger partial charge in [0.15, 0.2) is 0 Å². The molecule has 168 valence electrons. The molecule has 1 saturated heterocycles. The second-order valence-electron chi connectivity index (χ2n) is 11.5. The third-order valence-corrected chi connectivity index (χ3v) is 8.39. The number of rotatable bonds is 4. The van der Waals surface area contributed by atoms with Crippen molar-refractivity contribution in [1.82, 2.24) is 4.90 Å². The molecule has 2 atom stereocenters. The maximum absolute atomic E-state index is 13.8. The zero-order valence-corrected chi connectivity index (χ0v) is 19.3. The van der Waals surface area contributed by atoms with E-state index in [4.69, 9.17) is 4.74 Å². The normalized spacial score (nSPS) is 36.5. The molecule has 0 N–H and O–H groups in total. The molecule has 0 spiro atoms. The molecule has 1 amide bonds. The monoisotopic (exact) mass is 424 g/mol. The fraction of sp³-hybridized carbons (Fsp3) is 0.692. The second kappa shape index (κ2) is 7.25. The third-order valence-electron chi connectivity index (χ3n) is 8.39. The van der Waals surface area contributed by atoms with E-state index in [0.29, 0.717) is 28.9 Å². The van der Waals surface area contributed by atoms with Crippen molar-refractivity contribution >= 4 is 17.6 Å². The van der Waals surface area contributed by atoms with Crippen LogP contribution in [0.25, 0.3) is 0 Å². The van der Waals surface area contributed by atoms with Crippen LogP contribution in [-0.4, -0.2) is 49.6 Å². The second-order valence-corrected chi connectivity index (χ2v) is 11.5. The molecule has 6 rings (SSSR count). The van der Waals surface area contributed by atoms with Crippen molar-refractivity contribution in [2.24, 2.45) is 22.2 Å². The predicted molar refractivity (Wildman–Crippen MR) is 121 cm³/mol. The molecule has 4 bridgehead atoms. The smallest absolute Gasteiger partial charge is 0.338 e. The number of anilines is 1. The zero-order chi connectivity index (χ0) is 21.9. The molecule has 2 unspecified atom stereocenters. The van der Waals surface area contributed by atoms with Crippen LogP contribution in [0.5, 0.6) is 0 Å². The molecule has 0 aromatic heterocycles. The number of benzene rings is 1. The summed E-state index contributed by atoms with van der Waals surface area (Å²) in [6, 6.07) is 7.65. The van der Waals surface area contributed by atoms with E-state index in [1.54, 1.807) is 0 Å². The molecule has 1 aromatic carbocycles. The highest BCUT2D eigenvalue weighted by Gasteiger charge is 2.63. The Bertz CT molecular complexity index is 853. The van der Waals surface area contributed by atoms with Crippen molar-refractivity contribution < 1.29 is 14.3 Å². The molecule has 1 aliphatic heterocycles. The summed E-state index contributed by atoms with van der Waals surface area (Å²) in [5.41, 5.74) is 2.32. The average Bonchev–Trinajstić information content (AvgIpc) is 2.71. The molecule has 5 nitrogen and oxygen atoms in total. The van der Waals surface area contributed by atoms with Gasteiger partial charge < -0.3 is 14.5 Å². The molecule has 5 heteroatoms. The van der Waals surface area contributed by atoms with E-state index in [-0.39, 0.29) is 11.4 Å². The van der Waals surface area contributed by atoms with Gasteiger partial charge in [-0.15, -0.1) is 0 Å². The van der Waals surface area contributed by atoms with Crippen molar-refractivity contribution in [2.75, 3.05) is 37.7 Å². The van der Waals surface area contributed by atoms with Crippen LogP contribution >= 0.6 is 0 Å². The number of amides is 1. The zero-order valence-electron chi connectivity index (χ0n) is 19.3. The average molecular weight is 425 g/mol. The highest BCUT2D eigenvalue weighted by molar-refractivity contribution is 5.89. The molecule has 31 heavy (non-hydrogen) atoms. The van der Waals surface area contributed by atoms with Crippen LogP contribution in [-0.2, 0) is 9.53 Å². The molecule has 0 radical (unpaired) electrons. The lowest BCUT2D eigenvalue weighted by molar-refractivity contribution is -0.179. The molecular weight excluding hydrogens is 388 g/mol. The number of hydrogen-bond donors (Lipinski definition) is 0. The van der Waals surface area contributed by atoms with Gasteiger partial charge >= 0.3 is 5.97 Å². The van der Waals surface area contributed by atoms with Gasteiger partial charge in [0.25, 0.3) is 0 Å². The van der Waals surface area contributed by atoms with Gasteiger partial charge in [0.1, 0.15) is 0 Å². The van der Waals surface area contributed by atoms with Crippen molar-refractivity contribution in [2.45, 2.75) is 59.3 Å². The molecule has 4 aliphatic carbocycles. The summed E-state index contributed by atoms with van der Waals surface area (Å²) in [5.74, 6) is 0.906. The Hall–Kier alpha value is -2.04. The maximum Gasteiger partial charge on any atom is 0.338 e. The van der Waals surface area contributed by atoms with E-state index < -0.39 is 0 Å². The van der Waals surface area contributed by atoms with E-state index >= 15 is 0 Å². The van der Waals surface area contributed by atoms with E-state index in [2.05, 4.69) is 23.6 Å². The number of carbonyl (C=O) groups is 2. The van der Waals surface area contributed by atoms with Gasteiger partial charge in [-0.05, 0) is 86.5 Å². The van der Waals surface area contributed by atoms with E-state index in [1.807, 2.05) is 31.2 Å². The Labute approximate surface area is 186 Å². The van der Waals surface area contributed by atoms with Crippen molar-refractivity contribution in [3.05, 3.63) is 29.8 Å². The summed E-state index contributed by atoms with van der Waals surface area (Å²) in [4.78, 5) is 30.2. The number of hydrogen-bond acceptors (Lipinski definition) is 4. The largest absolute Gasteiger partial charge is 0.462 e. The predicted octanol–water partition coefficient (Wildman–Crippen LogP) is 4.51. The Morgan fingerprint density at radius 2 is 1.55 bits per heavy atom. The summed E-state index contributed by atoms with van der Waals surface area (Å²) in [5, 5.41) is 0. The van der Waals surface area contributed by atoms with Crippen LogP contribution in [0.3, 0.4) is 0 Å². The van der Waals surface area contributed by atoms with Gasteiger partial charge in [-0.25, -0.2) is 4.79 Å². The van der Waals surface area contributed by atoms with Crippen LogP contribution in [0.15, 0.2) is 24.3 Å². The summed E-state index contributed by atoms with van der Waals surface area (Å²) >= 11 is 0. The number of esters is 1. The summed E-state index contributed by atoms with van der Waals surface area (Å²) in [6.07, 6.45) is 7.27. The lowest BCUT2D eigenvalue weighted by atomic mass is 9.40. The Balaban J connectivity index is 1.24. The Morgan fingerprint density at radius 3 is 2.10 bits per heavy atom. The van der Waals surface area contributed by atoms with Crippen molar-refractivity contribution in [3.8, 4) is 0 Å². The van der Waals surface area contributed by atoms with E-state index in [1.165, 1.54) is 19.3 Å². The highest BCUT2D eigenvalue weighted by Crippen LogP contribution is 2.69. The first kappa shape index (κ1) is 20.8. The first-order valence-electron chi connectivity index (χ1n) is 12.0. The molecule has 1 heterocycles. The molecule has 4 saturated carbocycles. The molecule has 5 fully saturated rings. The van der Waals surface area contributed by atoms with Crippen LogP contribution in [0.4, 0.5) is 5.69 Å². The van der Waals surface area contributed by atoms with Gasteiger partial charge in [0, 0.05) is 31.9 Å². The van der Waals surface area contributed by atoms with Crippen LogP contribution < -0.4 is 4.90 Å². The number of ether oxygens (including phenoxy) is 1. The number of carbonyl (C=O) groups excluding carboxylic acids is 2.